The first kappa shape index (κ1) is 40.2. The molecule has 5 aromatic rings. The maximum absolute atomic E-state index is 14.8. The third-order valence-corrected chi connectivity index (χ3v) is 11.6. The van der Waals surface area contributed by atoms with Crippen LogP contribution in [0.2, 0.25) is 0 Å². The summed E-state index contributed by atoms with van der Waals surface area (Å²) in [7, 11) is -5.45. The first-order valence-electron chi connectivity index (χ1n) is 18.0. The number of nitrogens with zero attached hydrogens (tertiary/aromatic N) is 3. The number of esters is 1. The summed E-state index contributed by atoms with van der Waals surface area (Å²) in [6, 6.07) is 24.0. The highest BCUT2D eigenvalue weighted by atomic mass is 32.2. The van der Waals surface area contributed by atoms with E-state index in [0.717, 1.165) is 16.7 Å². The number of carbonyl (C=O) groups is 2. The molecule has 2 aliphatic rings. The molecule has 4 aromatic carbocycles. The van der Waals surface area contributed by atoms with Crippen LogP contribution in [0.25, 0.3) is 5.57 Å². The second kappa shape index (κ2) is 17.3. The molecule has 1 amide bonds. The van der Waals surface area contributed by atoms with Gasteiger partial charge in [-0.15, -0.1) is 0 Å². The zero-order valence-corrected chi connectivity index (χ0v) is 31.4. The summed E-state index contributed by atoms with van der Waals surface area (Å²) in [5.41, 5.74) is 3.73. The third kappa shape index (κ3) is 8.35. The Morgan fingerprint density at radius 1 is 0.810 bits per heavy atom. The topological polar surface area (TPSA) is 115 Å². The van der Waals surface area contributed by atoms with Crippen molar-refractivity contribution in [1.29, 1.82) is 0 Å². The zero-order valence-electron chi connectivity index (χ0n) is 30.5. The number of aromatic nitrogens is 1. The Bertz CT molecular complexity index is 2440. The van der Waals surface area contributed by atoms with Gasteiger partial charge in [0.2, 0.25) is 21.7 Å². The minimum absolute atomic E-state index is 0.0000416. The van der Waals surface area contributed by atoms with Crippen LogP contribution in [0.3, 0.4) is 0 Å². The van der Waals surface area contributed by atoms with Crippen molar-refractivity contribution in [2.45, 2.75) is 43.5 Å². The monoisotopic (exact) mass is 819 g/mol. The molecule has 58 heavy (non-hydrogen) atoms. The molecule has 0 bridgehead atoms. The molecule has 300 valence electrons. The van der Waals surface area contributed by atoms with Crippen molar-refractivity contribution in [3.8, 4) is 5.75 Å². The highest BCUT2D eigenvalue weighted by Crippen LogP contribution is 2.36. The molecule has 0 radical (unpaired) electrons. The van der Waals surface area contributed by atoms with Crippen LogP contribution in [-0.4, -0.2) is 55.4 Å². The van der Waals surface area contributed by atoms with E-state index in [0.29, 0.717) is 35.2 Å². The van der Waals surface area contributed by atoms with E-state index < -0.39 is 68.5 Å². The van der Waals surface area contributed by atoms with E-state index in [9.17, 15) is 40.0 Å². The highest BCUT2D eigenvalue weighted by molar-refractivity contribution is 7.89. The smallest absolute Gasteiger partial charge is 0.342 e. The number of carbonyl (C=O) groups excluding carboxylic acids is 2. The second-order valence-corrected chi connectivity index (χ2v) is 15.2. The lowest BCUT2D eigenvalue weighted by atomic mass is 10.0. The largest absolute Gasteiger partial charge is 0.488 e. The quantitative estimate of drug-likeness (QED) is 0.0519. The number of hydrogen-bond donors (Lipinski definition) is 0. The maximum Gasteiger partial charge on any atom is 0.342 e. The summed E-state index contributed by atoms with van der Waals surface area (Å²) in [6.45, 7) is 0.215. The predicted molar refractivity (Wildman–Crippen MR) is 200 cm³/mol. The number of pyridine rings is 1. The van der Waals surface area contributed by atoms with E-state index in [1.165, 1.54) is 29.3 Å². The molecule has 3 heterocycles. The molecule has 0 N–H and O–H groups in total. The third-order valence-electron chi connectivity index (χ3n) is 9.66. The fraction of sp³-hybridized carbons (Fsp3) is 0.214. The molecule has 2 aliphatic heterocycles. The summed E-state index contributed by atoms with van der Waals surface area (Å²) in [6.07, 6.45) is 3.91. The van der Waals surface area contributed by atoms with Crippen molar-refractivity contribution in [1.82, 2.24) is 9.29 Å². The number of benzene rings is 4. The Labute approximate surface area is 330 Å². The minimum Gasteiger partial charge on any atom is -0.488 e. The lowest BCUT2D eigenvalue weighted by Crippen LogP contribution is -2.59. The van der Waals surface area contributed by atoms with E-state index in [1.54, 1.807) is 60.7 Å². The van der Waals surface area contributed by atoms with Crippen molar-refractivity contribution in [3.05, 3.63) is 160 Å². The molecule has 10 nitrogen and oxygen atoms in total. The van der Waals surface area contributed by atoms with Gasteiger partial charge < -0.3 is 19.1 Å². The number of anilines is 1. The number of sulfonamides is 1. The van der Waals surface area contributed by atoms with Gasteiger partial charge in [0.15, 0.2) is 28.2 Å². The van der Waals surface area contributed by atoms with Crippen LogP contribution in [-0.2, 0) is 44.1 Å². The van der Waals surface area contributed by atoms with Crippen molar-refractivity contribution in [2.75, 3.05) is 24.7 Å². The van der Waals surface area contributed by atoms with Gasteiger partial charge in [-0.1, -0.05) is 72.8 Å². The molecular formula is C42H34F5N3O7S. The number of amides is 1. The summed E-state index contributed by atoms with van der Waals surface area (Å²) < 4.78 is 116. The van der Waals surface area contributed by atoms with Gasteiger partial charge in [-0.3, -0.25) is 9.78 Å². The van der Waals surface area contributed by atoms with Crippen LogP contribution in [0.4, 0.5) is 27.6 Å². The standard InChI is InChI=1S/C42H34F5N3O7S/c43-35-36(44)38(46)40(39(47)37(35)45)58(53,54)50-18-15-33(50)41(51)49(23-28-11-14-32(48-22-28)29-16-19-55-20-17-29)30-12-13-31(42(52)57-25-27-9-5-2-6-10-27)34(21-30)56-24-26-7-3-1-4-8-26/h1-14,16,21-22,33H,15,17-20,23-25H2/t33-/m1/s1. The van der Waals surface area contributed by atoms with Crippen LogP contribution >= 0.6 is 0 Å². The fourth-order valence-electron chi connectivity index (χ4n) is 6.46. The molecule has 1 atom stereocenters. The molecule has 0 aliphatic carbocycles. The van der Waals surface area contributed by atoms with Crippen molar-refractivity contribution < 1.29 is 54.2 Å². The minimum atomic E-state index is -5.45. The zero-order chi connectivity index (χ0) is 41.0. The van der Waals surface area contributed by atoms with Gasteiger partial charge in [-0.05, 0) is 53.3 Å². The molecular weight excluding hydrogens is 786 g/mol. The normalized spacial score (nSPS) is 15.6. The van der Waals surface area contributed by atoms with Gasteiger partial charge >= 0.3 is 5.97 Å². The SMILES string of the molecule is O=C(OCc1ccccc1)c1ccc(N(Cc2ccc(C3=CCOCC3)nc2)C(=O)[C@H]2CCN2S(=O)(=O)c2c(F)c(F)c(F)c(F)c2F)cc1OCc1ccccc1. The first-order chi connectivity index (χ1) is 27.9. The summed E-state index contributed by atoms with van der Waals surface area (Å²) in [5.74, 6) is -14.1. The maximum atomic E-state index is 14.8. The Morgan fingerprint density at radius 2 is 1.47 bits per heavy atom. The Balaban J connectivity index is 1.25. The summed E-state index contributed by atoms with van der Waals surface area (Å²) >= 11 is 0. The predicted octanol–water partition coefficient (Wildman–Crippen LogP) is 7.51. The van der Waals surface area contributed by atoms with Gasteiger partial charge in [-0.2, -0.15) is 4.31 Å². The summed E-state index contributed by atoms with van der Waals surface area (Å²) in [4.78, 5) is 31.6. The van der Waals surface area contributed by atoms with E-state index >= 15 is 0 Å². The van der Waals surface area contributed by atoms with Gasteiger partial charge in [-0.25, -0.2) is 35.2 Å². The van der Waals surface area contributed by atoms with Crippen molar-refractivity contribution >= 4 is 33.2 Å². The molecule has 0 spiro atoms. The molecule has 1 saturated heterocycles. The molecule has 16 heteroatoms. The van der Waals surface area contributed by atoms with Crippen LogP contribution in [0.15, 0.2) is 108 Å². The fourth-order valence-corrected chi connectivity index (χ4v) is 8.20. The Morgan fingerprint density at radius 3 is 2.05 bits per heavy atom. The number of hydrogen-bond acceptors (Lipinski definition) is 8. The molecule has 7 rings (SSSR count). The van der Waals surface area contributed by atoms with Crippen LogP contribution in [0.1, 0.15) is 45.6 Å². The first-order valence-corrected chi connectivity index (χ1v) is 19.5. The highest BCUT2D eigenvalue weighted by Gasteiger charge is 2.48. The number of halogens is 5. The van der Waals surface area contributed by atoms with E-state index in [4.69, 9.17) is 14.2 Å². The van der Waals surface area contributed by atoms with Crippen LogP contribution in [0, 0.1) is 29.1 Å². The molecule has 1 fully saturated rings. The lowest BCUT2D eigenvalue weighted by Gasteiger charge is -2.41. The lowest BCUT2D eigenvalue weighted by molar-refractivity contribution is -0.125. The van der Waals surface area contributed by atoms with Gasteiger partial charge in [0.05, 0.1) is 25.5 Å². The van der Waals surface area contributed by atoms with Gasteiger partial charge in [0.25, 0.3) is 0 Å². The van der Waals surface area contributed by atoms with Gasteiger partial charge in [0.1, 0.15) is 30.6 Å². The number of ether oxygens (including phenoxy) is 3. The second-order valence-electron chi connectivity index (χ2n) is 13.4. The summed E-state index contributed by atoms with van der Waals surface area (Å²) in [5, 5.41) is 0. The van der Waals surface area contributed by atoms with Crippen molar-refractivity contribution in [3.63, 3.8) is 0 Å². The average Bonchev–Trinajstić information content (AvgIpc) is 3.23. The van der Waals surface area contributed by atoms with Crippen LogP contribution < -0.4 is 9.64 Å². The van der Waals surface area contributed by atoms with E-state index in [2.05, 4.69) is 4.98 Å². The number of rotatable bonds is 13. The van der Waals surface area contributed by atoms with Gasteiger partial charge in [0, 0.05) is 24.5 Å². The Hall–Kier alpha value is -5.97. The average molecular weight is 820 g/mol. The van der Waals surface area contributed by atoms with Crippen molar-refractivity contribution in [2.24, 2.45) is 0 Å². The Kier molecular flexibility index (Phi) is 12.0. The molecule has 1 aromatic heterocycles. The molecule has 0 saturated carbocycles. The molecule has 0 unspecified atom stereocenters. The van der Waals surface area contributed by atoms with E-state index in [1.807, 2.05) is 18.2 Å². The van der Waals surface area contributed by atoms with Crippen LogP contribution in [0.5, 0.6) is 5.75 Å². The van der Waals surface area contributed by atoms with E-state index in [-0.39, 0.29) is 43.2 Å².